The van der Waals surface area contributed by atoms with Crippen LogP contribution in [0.5, 0.6) is 0 Å². The van der Waals surface area contributed by atoms with Gasteiger partial charge in [0.05, 0.1) is 25.7 Å². The maximum atomic E-state index is 13.5. The highest BCUT2D eigenvalue weighted by molar-refractivity contribution is 14.1. The van der Waals surface area contributed by atoms with E-state index in [0.29, 0.717) is 5.56 Å². The molecule has 6 nitrogen and oxygen atoms in total. The van der Waals surface area contributed by atoms with Gasteiger partial charge in [0, 0.05) is 29.1 Å². The smallest absolute Gasteiger partial charge is 0.307 e. The molecule has 0 fully saturated rings. The molecule has 0 heterocycles. The van der Waals surface area contributed by atoms with Crippen LogP contribution in [0.15, 0.2) is 42.5 Å². The Hall–Kier alpha value is -2.11. The number of benzene rings is 2. The molecular formula is C22H25F2IN2O4. The summed E-state index contributed by atoms with van der Waals surface area (Å²) in [6.45, 7) is 1.32. The first kappa shape index (κ1) is 25.2. The molecule has 1 unspecified atom stereocenters. The first-order valence-corrected chi connectivity index (χ1v) is 10.7. The summed E-state index contributed by atoms with van der Waals surface area (Å²) >= 11 is 2.16. The molecule has 9 heteroatoms. The first-order valence-electron chi connectivity index (χ1n) is 9.63. The van der Waals surface area contributed by atoms with Crippen LogP contribution >= 0.6 is 22.6 Å². The molecule has 2 aromatic carbocycles. The van der Waals surface area contributed by atoms with E-state index in [1.807, 2.05) is 24.3 Å². The molecule has 0 saturated carbocycles. The second-order valence-electron chi connectivity index (χ2n) is 7.15. The second kappa shape index (κ2) is 12.1. The number of ether oxygens (including phenoxy) is 1. The van der Waals surface area contributed by atoms with Crippen molar-refractivity contribution in [1.29, 1.82) is 0 Å². The molecule has 0 aliphatic heterocycles. The van der Waals surface area contributed by atoms with Crippen molar-refractivity contribution in [3.05, 3.63) is 68.8 Å². The summed E-state index contributed by atoms with van der Waals surface area (Å²) in [5.74, 6) is -2.27. The number of amides is 1. The summed E-state index contributed by atoms with van der Waals surface area (Å²) in [7, 11) is 1.30. The lowest BCUT2D eigenvalue weighted by molar-refractivity contribution is -0.141. The number of nitrogens with one attached hydrogen (secondary N) is 2. The van der Waals surface area contributed by atoms with Gasteiger partial charge in [-0.1, -0.05) is 12.1 Å². The third-order valence-electron chi connectivity index (χ3n) is 4.65. The van der Waals surface area contributed by atoms with Crippen molar-refractivity contribution in [2.75, 3.05) is 13.7 Å². The molecule has 0 radical (unpaired) electrons. The normalized spacial score (nSPS) is 13.9. The van der Waals surface area contributed by atoms with Gasteiger partial charge >= 0.3 is 5.97 Å². The third-order valence-corrected chi connectivity index (χ3v) is 5.32. The van der Waals surface area contributed by atoms with Gasteiger partial charge in [-0.2, -0.15) is 0 Å². The molecule has 0 bridgehead atoms. The summed E-state index contributed by atoms with van der Waals surface area (Å²) in [6.07, 6.45) is -1.01. The van der Waals surface area contributed by atoms with Crippen LogP contribution in [-0.4, -0.2) is 42.8 Å². The number of hydrogen-bond acceptors (Lipinski definition) is 5. The summed E-state index contributed by atoms with van der Waals surface area (Å²) in [5, 5.41) is 16.5. The molecule has 0 spiro atoms. The van der Waals surface area contributed by atoms with Crippen molar-refractivity contribution in [3.63, 3.8) is 0 Å². The van der Waals surface area contributed by atoms with E-state index < -0.39 is 35.8 Å². The SMILES string of the molecule is COC(=O)CC(NC[C@@H](O)[C@H](Cc1cc(F)cc(F)c1)NC(C)=O)c1cccc(I)c1. The Kier molecular flexibility index (Phi) is 9.79. The largest absolute Gasteiger partial charge is 0.469 e. The maximum absolute atomic E-state index is 13.5. The van der Waals surface area contributed by atoms with Crippen molar-refractivity contribution in [1.82, 2.24) is 10.6 Å². The molecule has 0 saturated heterocycles. The third kappa shape index (κ3) is 8.50. The van der Waals surface area contributed by atoms with Gasteiger partial charge in [0.15, 0.2) is 0 Å². The number of carbonyl (C=O) groups is 2. The lowest BCUT2D eigenvalue weighted by atomic mass is 9.99. The Labute approximate surface area is 193 Å². The zero-order valence-electron chi connectivity index (χ0n) is 17.2. The number of hydrogen-bond donors (Lipinski definition) is 3. The summed E-state index contributed by atoms with van der Waals surface area (Å²) in [5.41, 5.74) is 1.15. The molecule has 0 aliphatic carbocycles. The lowest BCUT2D eigenvalue weighted by Gasteiger charge is -2.27. The van der Waals surface area contributed by atoms with Gasteiger partial charge in [0.1, 0.15) is 11.6 Å². The highest BCUT2D eigenvalue weighted by Gasteiger charge is 2.24. The molecule has 2 aromatic rings. The van der Waals surface area contributed by atoms with Crippen molar-refractivity contribution >= 4 is 34.5 Å². The van der Waals surface area contributed by atoms with E-state index in [2.05, 4.69) is 33.2 Å². The molecule has 168 valence electrons. The van der Waals surface area contributed by atoms with E-state index in [1.165, 1.54) is 14.0 Å². The summed E-state index contributed by atoms with van der Waals surface area (Å²) < 4.78 is 32.8. The Morgan fingerprint density at radius 2 is 1.84 bits per heavy atom. The highest BCUT2D eigenvalue weighted by Crippen LogP contribution is 2.20. The van der Waals surface area contributed by atoms with Gasteiger partial charge in [-0.15, -0.1) is 0 Å². The van der Waals surface area contributed by atoms with Crippen LogP contribution in [-0.2, 0) is 20.7 Å². The zero-order valence-corrected chi connectivity index (χ0v) is 19.4. The van der Waals surface area contributed by atoms with E-state index in [0.717, 1.165) is 27.3 Å². The average Bonchev–Trinajstić information content (AvgIpc) is 2.69. The molecule has 31 heavy (non-hydrogen) atoms. The Morgan fingerprint density at radius 1 is 1.16 bits per heavy atom. The summed E-state index contributed by atoms with van der Waals surface area (Å²) in [4.78, 5) is 23.5. The minimum Gasteiger partial charge on any atom is -0.469 e. The van der Waals surface area contributed by atoms with Gasteiger partial charge in [-0.3, -0.25) is 9.59 Å². The number of carbonyl (C=O) groups excluding carboxylic acids is 2. The van der Waals surface area contributed by atoms with Gasteiger partial charge in [-0.25, -0.2) is 8.78 Å². The fourth-order valence-electron chi connectivity index (χ4n) is 3.21. The second-order valence-corrected chi connectivity index (χ2v) is 8.40. The van der Waals surface area contributed by atoms with Gasteiger partial charge in [0.2, 0.25) is 5.91 Å². The predicted octanol–water partition coefficient (Wildman–Crippen LogP) is 2.87. The van der Waals surface area contributed by atoms with E-state index in [4.69, 9.17) is 4.74 Å². The van der Waals surface area contributed by atoms with Crippen LogP contribution in [0.1, 0.15) is 30.5 Å². The van der Waals surface area contributed by atoms with Gasteiger partial charge in [0.25, 0.3) is 0 Å². The zero-order chi connectivity index (χ0) is 23.0. The first-order chi connectivity index (χ1) is 14.7. The number of aliphatic hydroxyl groups is 1. The average molecular weight is 546 g/mol. The van der Waals surface area contributed by atoms with E-state index >= 15 is 0 Å². The standard InChI is InChI=1S/C22H25F2IN2O4/c1-13(28)27-20(8-14-6-16(23)10-17(24)7-14)21(29)12-26-19(11-22(30)31-2)15-4-3-5-18(25)9-15/h3-7,9-10,19-21,26,29H,8,11-12H2,1-2H3,(H,27,28)/t19?,20-,21+/m0/s1. The minimum absolute atomic E-state index is 0.0237. The van der Waals surface area contributed by atoms with Crippen molar-refractivity contribution in [2.24, 2.45) is 0 Å². The van der Waals surface area contributed by atoms with Crippen molar-refractivity contribution in [2.45, 2.75) is 38.0 Å². The lowest BCUT2D eigenvalue weighted by Crippen LogP contribution is -2.48. The molecule has 3 atom stereocenters. The van der Waals surface area contributed by atoms with Crippen LogP contribution in [0.2, 0.25) is 0 Å². The van der Waals surface area contributed by atoms with Gasteiger partial charge in [-0.05, 0) is 64.4 Å². The van der Waals surface area contributed by atoms with Crippen LogP contribution in [0, 0.1) is 15.2 Å². The molecular weight excluding hydrogens is 521 g/mol. The van der Waals surface area contributed by atoms with Gasteiger partial charge < -0.3 is 20.5 Å². The number of halogens is 3. The number of rotatable bonds is 10. The predicted molar refractivity (Wildman–Crippen MR) is 120 cm³/mol. The van der Waals surface area contributed by atoms with Crippen LogP contribution in [0.4, 0.5) is 8.78 Å². The molecule has 1 amide bonds. The van der Waals surface area contributed by atoms with Crippen molar-refractivity contribution < 1.29 is 28.2 Å². The fourth-order valence-corrected chi connectivity index (χ4v) is 3.78. The Balaban J connectivity index is 2.14. The van der Waals surface area contributed by atoms with Crippen LogP contribution in [0.3, 0.4) is 0 Å². The van der Waals surface area contributed by atoms with Crippen LogP contribution < -0.4 is 10.6 Å². The van der Waals surface area contributed by atoms with Crippen LogP contribution in [0.25, 0.3) is 0 Å². The Bertz CT molecular complexity index is 893. The summed E-state index contributed by atoms with van der Waals surface area (Å²) in [6, 6.07) is 9.39. The number of esters is 1. The van der Waals surface area contributed by atoms with E-state index in [9.17, 15) is 23.5 Å². The molecule has 0 aliphatic rings. The Morgan fingerprint density at radius 3 is 2.42 bits per heavy atom. The van der Waals surface area contributed by atoms with E-state index in [-0.39, 0.29) is 25.3 Å². The maximum Gasteiger partial charge on any atom is 0.307 e. The number of methoxy groups -OCH3 is 1. The monoisotopic (exact) mass is 546 g/mol. The quantitative estimate of drug-likeness (QED) is 0.315. The molecule has 3 N–H and O–H groups in total. The highest BCUT2D eigenvalue weighted by atomic mass is 127. The van der Waals surface area contributed by atoms with Crippen molar-refractivity contribution in [3.8, 4) is 0 Å². The molecule has 2 rings (SSSR count). The number of aliphatic hydroxyl groups excluding tert-OH is 1. The van der Waals surface area contributed by atoms with E-state index in [1.54, 1.807) is 0 Å². The minimum atomic E-state index is -1.09. The topological polar surface area (TPSA) is 87.7 Å². The molecule has 0 aromatic heterocycles. The fraction of sp³-hybridized carbons (Fsp3) is 0.364.